The maximum atomic E-state index is 4.49. The van der Waals surface area contributed by atoms with Crippen molar-refractivity contribution in [1.29, 1.82) is 0 Å². The van der Waals surface area contributed by atoms with Crippen molar-refractivity contribution >= 4 is 35.9 Å². The molecule has 0 atom stereocenters. The van der Waals surface area contributed by atoms with E-state index in [0.29, 0.717) is 0 Å². The molecule has 0 aliphatic carbocycles. The molecule has 1 aromatic heterocycles. The van der Waals surface area contributed by atoms with Gasteiger partial charge in [-0.3, -0.25) is 9.89 Å². The highest BCUT2D eigenvalue weighted by atomic mass is 127. The molecule has 2 saturated heterocycles. The van der Waals surface area contributed by atoms with Gasteiger partial charge in [0.15, 0.2) is 5.96 Å². The van der Waals surface area contributed by atoms with Crippen LogP contribution in [0.4, 0.5) is 5.95 Å². The number of aliphatic imine (C=N–C) groups is 1. The molecule has 162 valence electrons. The predicted octanol–water partition coefficient (Wildman–Crippen LogP) is 2.59. The van der Waals surface area contributed by atoms with Gasteiger partial charge in [-0.25, -0.2) is 9.97 Å². The van der Waals surface area contributed by atoms with Crippen LogP contribution in [0.3, 0.4) is 0 Å². The zero-order valence-electron chi connectivity index (χ0n) is 17.7. The van der Waals surface area contributed by atoms with Gasteiger partial charge < -0.3 is 15.1 Å². The summed E-state index contributed by atoms with van der Waals surface area (Å²) in [6.07, 6.45) is 6.28. The van der Waals surface area contributed by atoms with Gasteiger partial charge in [0.25, 0.3) is 0 Å². The summed E-state index contributed by atoms with van der Waals surface area (Å²) in [5.74, 6) is 1.77. The van der Waals surface area contributed by atoms with Crippen molar-refractivity contribution in [3.05, 3.63) is 53.9 Å². The molecular formula is C22H32IN7. The zero-order valence-corrected chi connectivity index (χ0v) is 20.0. The minimum absolute atomic E-state index is 0. The van der Waals surface area contributed by atoms with Crippen LogP contribution in [0.5, 0.6) is 0 Å². The van der Waals surface area contributed by atoms with Gasteiger partial charge in [0, 0.05) is 58.7 Å². The number of halogens is 1. The molecule has 8 heteroatoms. The highest BCUT2D eigenvalue weighted by Gasteiger charge is 2.21. The number of nitrogens with zero attached hydrogens (tertiary/aromatic N) is 6. The lowest BCUT2D eigenvalue weighted by atomic mass is 10.1. The normalized spacial score (nSPS) is 17.7. The van der Waals surface area contributed by atoms with E-state index in [2.05, 4.69) is 59.2 Å². The van der Waals surface area contributed by atoms with Crippen molar-refractivity contribution in [3.8, 4) is 0 Å². The number of aromatic nitrogens is 2. The standard InChI is InChI=1S/C22H31N7.HI/c1-23-21(28-13-15-29(16-14-28)22-24-9-4-10-25-22)26-17-19-5-7-20(8-6-19)18-27-11-2-3-12-27;/h4-10H,2-3,11-18H2,1H3,(H,23,26);1H. The molecule has 2 aliphatic heterocycles. The third-order valence-corrected chi connectivity index (χ3v) is 5.70. The Morgan fingerprint density at radius 1 is 0.933 bits per heavy atom. The summed E-state index contributed by atoms with van der Waals surface area (Å²) in [6.45, 7) is 7.96. The summed E-state index contributed by atoms with van der Waals surface area (Å²) in [4.78, 5) is 20.3. The van der Waals surface area contributed by atoms with Crippen LogP contribution in [0.2, 0.25) is 0 Å². The van der Waals surface area contributed by atoms with E-state index in [1.54, 1.807) is 12.4 Å². The number of nitrogens with one attached hydrogen (secondary N) is 1. The summed E-state index contributed by atoms with van der Waals surface area (Å²) in [5, 5.41) is 3.52. The molecule has 3 heterocycles. The van der Waals surface area contributed by atoms with E-state index in [9.17, 15) is 0 Å². The first-order valence-corrected chi connectivity index (χ1v) is 10.6. The van der Waals surface area contributed by atoms with Gasteiger partial charge in [-0.15, -0.1) is 24.0 Å². The molecule has 0 unspecified atom stereocenters. The van der Waals surface area contributed by atoms with E-state index < -0.39 is 0 Å². The van der Waals surface area contributed by atoms with Crippen molar-refractivity contribution in [2.75, 3.05) is 51.2 Å². The molecule has 0 bridgehead atoms. The lowest BCUT2D eigenvalue weighted by molar-refractivity contribution is 0.331. The second kappa shape index (κ2) is 11.5. The van der Waals surface area contributed by atoms with Gasteiger partial charge in [-0.1, -0.05) is 24.3 Å². The van der Waals surface area contributed by atoms with Crippen molar-refractivity contribution in [2.24, 2.45) is 4.99 Å². The van der Waals surface area contributed by atoms with Crippen molar-refractivity contribution < 1.29 is 0 Å². The average molecular weight is 521 g/mol. The minimum Gasteiger partial charge on any atom is -0.352 e. The first-order valence-electron chi connectivity index (χ1n) is 10.6. The molecule has 1 N–H and O–H groups in total. The number of likely N-dealkylation sites (tertiary alicyclic amines) is 1. The first kappa shape index (κ1) is 22.7. The Hall–Kier alpha value is -1.94. The maximum Gasteiger partial charge on any atom is 0.225 e. The van der Waals surface area contributed by atoms with Crippen molar-refractivity contribution in [2.45, 2.75) is 25.9 Å². The van der Waals surface area contributed by atoms with Crippen LogP contribution in [-0.4, -0.2) is 72.0 Å². The molecular weight excluding hydrogens is 489 g/mol. The molecule has 2 aromatic rings. The van der Waals surface area contributed by atoms with E-state index in [-0.39, 0.29) is 24.0 Å². The third-order valence-electron chi connectivity index (χ3n) is 5.70. The van der Waals surface area contributed by atoms with E-state index in [4.69, 9.17) is 0 Å². The smallest absolute Gasteiger partial charge is 0.225 e. The molecule has 4 rings (SSSR count). The number of hydrogen-bond acceptors (Lipinski definition) is 5. The number of hydrogen-bond donors (Lipinski definition) is 1. The van der Waals surface area contributed by atoms with Crippen molar-refractivity contribution in [1.82, 2.24) is 25.1 Å². The fourth-order valence-corrected chi connectivity index (χ4v) is 4.05. The van der Waals surface area contributed by atoms with Crippen LogP contribution in [-0.2, 0) is 13.1 Å². The van der Waals surface area contributed by atoms with E-state index >= 15 is 0 Å². The molecule has 2 aliphatic rings. The Morgan fingerprint density at radius 2 is 1.57 bits per heavy atom. The molecule has 2 fully saturated rings. The van der Waals surface area contributed by atoms with Gasteiger partial charge in [0.1, 0.15) is 0 Å². The Labute approximate surface area is 196 Å². The maximum absolute atomic E-state index is 4.49. The fourth-order valence-electron chi connectivity index (χ4n) is 4.05. The van der Waals surface area contributed by atoms with Gasteiger partial charge in [-0.2, -0.15) is 0 Å². The number of piperazine rings is 1. The lowest BCUT2D eigenvalue weighted by Gasteiger charge is -2.36. The average Bonchev–Trinajstić information content (AvgIpc) is 3.29. The summed E-state index contributed by atoms with van der Waals surface area (Å²) in [7, 11) is 1.86. The molecule has 0 spiro atoms. The number of guanidine groups is 1. The summed E-state index contributed by atoms with van der Waals surface area (Å²) in [6, 6.07) is 10.8. The number of benzene rings is 1. The van der Waals surface area contributed by atoms with Crippen LogP contribution < -0.4 is 10.2 Å². The topological polar surface area (TPSA) is 59.9 Å². The summed E-state index contributed by atoms with van der Waals surface area (Å²) < 4.78 is 0. The monoisotopic (exact) mass is 521 g/mol. The Kier molecular flexibility index (Phi) is 8.68. The van der Waals surface area contributed by atoms with Crippen LogP contribution in [0.1, 0.15) is 24.0 Å². The van der Waals surface area contributed by atoms with Crippen LogP contribution >= 0.6 is 24.0 Å². The molecule has 7 nitrogen and oxygen atoms in total. The predicted molar refractivity (Wildman–Crippen MR) is 132 cm³/mol. The summed E-state index contributed by atoms with van der Waals surface area (Å²) in [5.41, 5.74) is 2.69. The summed E-state index contributed by atoms with van der Waals surface area (Å²) >= 11 is 0. The lowest BCUT2D eigenvalue weighted by Crippen LogP contribution is -2.52. The van der Waals surface area contributed by atoms with E-state index in [0.717, 1.165) is 51.2 Å². The van der Waals surface area contributed by atoms with Gasteiger partial charge in [0.2, 0.25) is 5.95 Å². The Bertz CT molecular complexity index is 783. The second-order valence-electron chi connectivity index (χ2n) is 7.72. The van der Waals surface area contributed by atoms with Gasteiger partial charge >= 0.3 is 0 Å². The van der Waals surface area contributed by atoms with E-state index in [1.165, 1.54) is 37.1 Å². The minimum atomic E-state index is 0. The van der Waals surface area contributed by atoms with Crippen LogP contribution in [0, 0.1) is 0 Å². The molecule has 0 amide bonds. The largest absolute Gasteiger partial charge is 0.352 e. The van der Waals surface area contributed by atoms with Gasteiger partial charge in [-0.05, 0) is 43.1 Å². The molecule has 0 radical (unpaired) electrons. The number of rotatable bonds is 5. The van der Waals surface area contributed by atoms with Crippen LogP contribution in [0.15, 0.2) is 47.7 Å². The van der Waals surface area contributed by atoms with Crippen LogP contribution in [0.25, 0.3) is 0 Å². The van der Waals surface area contributed by atoms with Gasteiger partial charge in [0.05, 0.1) is 0 Å². The Morgan fingerprint density at radius 3 is 2.20 bits per heavy atom. The SMILES string of the molecule is CN=C(NCc1ccc(CN2CCCC2)cc1)N1CCN(c2ncccn2)CC1.I. The molecule has 30 heavy (non-hydrogen) atoms. The Balaban J connectivity index is 0.00000256. The zero-order chi connectivity index (χ0) is 19.9. The molecule has 1 aromatic carbocycles. The van der Waals surface area contributed by atoms with Crippen molar-refractivity contribution in [3.63, 3.8) is 0 Å². The third kappa shape index (κ3) is 6.04. The quantitative estimate of drug-likeness (QED) is 0.371. The second-order valence-corrected chi connectivity index (χ2v) is 7.72. The number of anilines is 1. The fraction of sp³-hybridized carbons (Fsp3) is 0.500. The van der Waals surface area contributed by atoms with E-state index in [1.807, 2.05) is 13.1 Å². The highest BCUT2D eigenvalue weighted by molar-refractivity contribution is 14.0. The molecule has 0 saturated carbocycles. The highest BCUT2D eigenvalue weighted by Crippen LogP contribution is 2.14. The first-order chi connectivity index (χ1) is 14.3.